The van der Waals surface area contributed by atoms with Crippen molar-refractivity contribution in [3.8, 4) is 11.5 Å². The first kappa shape index (κ1) is 20.6. The Hall–Kier alpha value is -2.64. The predicted octanol–water partition coefficient (Wildman–Crippen LogP) is 3.81. The number of hydrogen-bond acceptors (Lipinski definition) is 6. The molecule has 2 heterocycles. The lowest BCUT2D eigenvalue weighted by molar-refractivity contribution is -0.122. The number of benzene rings is 2. The van der Waals surface area contributed by atoms with Gasteiger partial charge in [0.2, 0.25) is 5.91 Å². The van der Waals surface area contributed by atoms with E-state index in [0.29, 0.717) is 30.5 Å². The van der Waals surface area contributed by atoms with E-state index < -0.39 is 0 Å². The first-order valence-electron chi connectivity index (χ1n) is 10.2. The average Bonchev–Trinajstić information content (AvgIpc) is 3.22. The molecule has 1 aromatic heterocycles. The Labute approximate surface area is 180 Å². The van der Waals surface area contributed by atoms with Gasteiger partial charge in [0, 0.05) is 19.0 Å². The highest BCUT2D eigenvalue weighted by atomic mass is 32.1. The van der Waals surface area contributed by atoms with E-state index in [2.05, 4.69) is 28.4 Å². The maximum absolute atomic E-state index is 12.5. The monoisotopic (exact) mass is 425 g/mol. The number of hydrogen-bond donors (Lipinski definition) is 1. The van der Waals surface area contributed by atoms with Gasteiger partial charge in [-0.25, -0.2) is 4.98 Å². The summed E-state index contributed by atoms with van der Waals surface area (Å²) in [6.07, 6.45) is 2.22. The standard InChI is InChI=1S/C23H27N3O3S/c1-28-19-10-9-16(12-20(19)29-2)13-24-22(27)15-26-11-5-6-17(14-26)23-25-18-7-3-4-8-21(18)30-23/h3-4,7-10,12,17H,5-6,11,13-15H2,1-2H3,(H,24,27)/t17-/m1/s1. The van der Waals surface area contributed by atoms with E-state index in [1.807, 2.05) is 24.3 Å². The smallest absolute Gasteiger partial charge is 0.234 e. The van der Waals surface area contributed by atoms with E-state index in [4.69, 9.17) is 14.5 Å². The number of amides is 1. The molecule has 1 amide bonds. The van der Waals surface area contributed by atoms with Crippen LogP contribution in [0, 0.1) is 0 Å². The molecule has 0 saturated carbocycles. The molecule has 1 fully saturated rings. The number of nitrogens with one attached hydrogen (secondary N) is 1. The van der Waals surface area contributed by atoms with Crippen LogP contribution in [0.25, 0.3) is 10.2 Å². The van der Waals surface area contributed by atoms with Gasteiger partial charge in [0.15, 0.2) is 11.5 Å². The number of carbonyl (C=O) groups excluding carboxylic acids is 1. The van der Waals surface area contributed by atoms with Gasteiger partial charge in [0.05, 0.1) is 36.0 Å². The highest BCUT2D eigenvalue weighted by molar-refractivity contribution is 7.18. The molecule has 3 aromatic rings. The number of para-hydroxylation sites is 1. The molecule has 1 atom stereocenters. The number of methoxy groups -OCH3 is 2. The lowest BCUT2D eigenvalue weighted by Gasteiger charge is -2.31. The molecule has 0 unspecified atom stereocenters. The van der Waals surface area contributed by atoms with Crippen LogP contribution in [0.4, 0.5) is 0 Å². The van der Waals surface area contributed by atoms with Crippen LogP contribution in [0.3, 0.4) is 0 Å². The minimum atomic E-state index is 0.0368. The fourth-order valence-electron chi connectivity index (χ4n) is 3.92. The van der Waals surface area contributed by atoms with Gasteiger partial charge in [0.25, 0.3) is 0 Å². The third-order valence-corrected chi connectivity index (χ3v) is 6.67. The van der Waals surface area contributed by atoms with E-state index in [9.17, 15) is 4.79 Å². The van der Waals surface area contributed by atoms with E-state index in [1.54, 1.807) is 25.6 Å². The summed E-state index contributed by atoms with van der Waals surface area (Å²) in [6, 6.07) is 14.0. The summed E-state index contributed by atoms with van der Waals surface area (Å²) in [5.74, 6) is 1.78. The van der Waals surface area contributed by atoms with Gasteiger partial charge in [-0.1, -0.05) is 18.2 Å². The zero-order chi connectivity index (χ0) is 20.9. The fourth-order valence-corrected chi connectivity index (χ4v) is 5.01. The van der Waals surface area contributed by atoms with Crippen molar-refractivity contribution in [2.75, 3.05) is 33.9 Å². The van der Waals surface area contributed by atoms with Gasteiger partial charge in [-0.15, -0.1) is 11.3 Å². The van der Waals surface area contributed by atoms with Crippen LogP contribution in [-0.2, 0) is 11.3 Å². The van der Waals surface area contributed by atoms with Crippen LogP contribution in [-0.4, -0.2) is 49.6 Å². The molecular formula is C23H27N3O3S. The van der Waals surface area contributed by atoms with Gasteiger partial charge in [-0.3, -0.25) is 9.69 Å². The van der Waals surface area contributed by atoms with Crippen LogP contribution in [0.5, 0.6) is 11.5 Å². The minimum absolute atomic E-state index is 0.0368. The Bertz CT molecular complexity index is 987. The Balaban J connectivity index is 1.32. The van der Waals surface area contributed by atoms with Crippen molar-refractivity contribution < 1.29 is 14.3 Å². The van der Waals surface area contributed by atoms with Crippen molar-refractivity contribution in [3.63, 3.8) is 0 Å². The summed E-state index contributed by atoms with van der Waals surface area (Å²) in [6.45, 7) is 2.71. The zero-order valence-corrected chi connectivity index (χ0v) is 18.2. The second-order valence-corrected chi connectivity index (χ2v) is 8.62. The second kappa shape index (κ2) is 9.45. The molecule has 0 bridgehead atoms. The molecule has 1 aliphatic rings. The lowest BCUT2D eigenvalue weighted by atomic mass is 9.99. The second-order valence-electron chi connectivity index (χ2n) is 7.56. The molecule has 1 saturated heterocycles. The minimum Gasteiger partial charge on any atom is -0.493 e. The quantitative estimate of drug-likeness (QED) is 0.624. The molecule has 4 rings (SSSR count). The molecule has 1 N–H and O–H groups in total. The predicted molar refractivity (Wildman–Crippen MR) is 119 cm³/mol. The summed E-state index contributed by atoms with van der Waals surface area (Å²) < 4.78 is 11.8. The number of carbonyl (C=O) groups is 1. The van der Waals surface area contributed by atoms with Gasteiger partial charge in [0.1, 0.15) is 0 Å². The lowest BCUT2D eigenvalue weighted by Crippen LogP contribution is -2.41. The molecule has 1 aliphatic heterocycles. The average molecular weight is 426 g/mol. The SMILES string of the molecule is COc1ccc(CNC(=O)CN2CCC[C@@H](c3nc4ccccc4s3)C2)cc1OC. The van der Waals surface area contributed by atoms with Crippen LogP contribution < -0.4 is 14.8 Å². The van der Waals surface area contributed by atoms with Crippen molar-refractivity contribution in [3.05, 3.63) is 53.0 Å². The maximum Gasteiger partial charge on any atom is 0.234 e. The Morgan fingerprint density at radius 2 is 2.03 bits per heavy atom. The fraction of sp³-hybridized carbons (Fsp3) is 0.391. The van der Waals surface area contributed by atoms with Gasteiger partial charge in [-0.2, -0.15) is 0 Å². The van der Waals surface area contributed by atoms with E-state index in [-0.39, 0.29) is 5.91 Å². The summed E-state index contributed by atoms with van der Waals surface area (Å²) in [4.78, 5) is 19.6. The van der Waals surface area contributed by atoms with E-state index in [1.165, 1.54) is 9.71 Å². The normalized spacial score (nSPS) is 17.1. The molecule has 0 spiro atoms. The Morgan fingerprint density at radius 3 is 2.83 bits per heavy atom. The topological polar surface area (TPSA) is 63.7 Å². The molecule has 2 aromatic carbocycles. The maximum atomic E-state index is 12.5. The number of aromatic nitrogens is 1. The number of rotatable bonds is 7. The van der Waals surface area contributed by atoms with Crippen molar-refractivity contribution in [2.45, 2.75) is 25.3 Å². The van der Waals surface area contributed by atoms with Gasteiger partial charge >= 0.3 is 0 Å². The van der Waals surface area contributed by atoms with Crippen molar-refractivity contribution in [1.82, 2.24) is 15.2 Å². The molecule has 0 radical (unpaired) electrons. The van der Waals surface area contributed by atoms with Crippen LogP contribution in [0.2, 0.25) is 0 Å². The highest BCUT2D eigenvalue weighted by Crippen LogP contribution is 2.33. The molecule has 0 aliphatic carbocycles. The summed E-state index contributed by atoms with van der Waals surface area (Å²) >= 11 is 1.78. The third-order valence-electron chi connectivity index (χ3n) is 5.47. The van der Waals surface area contributed by atoms with Crippen molar-refractivity contribution >= 4 is 27.5 Å². The summed E-state index contributed by atoms with van der Waals surface area (Å²) in [5.41, 5.74) is 2.05. The first-order valence-corrected chi connectivity index (χ1v) is 11.0. The Kier molecular flexibility index (Phi) is 6.50. The van der Waals surface area contributed by atoms with Crippen molar-refractivity contribution in [1.29, 1.82) is 0 Å². The Morgan fingerprint density at radius 1 is 1.20 bits per heavy atom. The molecule has 7 heteroatoms. The largest absolute Gasteiger partial charge is 0.493 e. The molecule has 6 nitrogen and oxygen atoms in total. The molecule has 158 valence electrons. The number of ether oxygens (including phenoxy) is 2. The van der Waals surface area contributed by atoms with Gasteiger partial charge < -0.3 is 14.8 Å². The first-order chi connectivity index (χ1) is 14.7. The summed E-state index contributed by atoms with van der Waals surface area (Å²) in [7, 11) is 3.22. The van der Waals surface area contributed by atoms with Crippen LogP contribution in [0.1, 0.15) is 29.3 Å². The zero-order valence-electron chi connectivity index (χ0n) is 17.4. The van der Waals surface area contributed by atoms with Crippen molar-refractivity contribution in [2.24, 2.45) is 0 Å². The number of nitrogens with zero attached hydrogens (tertiary/aromatic N) is 2. The van der Waals surface area contributed by atoms with E-state index >= 15 is 0 Å². The van der Waals surface area contributed by atoms with Crippen LogP contribution >= 0.6 is 11.3 Å². The van der Waals surface area contributed by atoms with E-state index in [0.717, 1.165) is 37.0 Å². The summed E-state index contributed by atoms with van der Waals surface area (Å²) in [5, 5.41) is 4.21. The number of piperidine rings is 1. The number of fused-ring (bicyclic) bond motifs is 1. The molecular weight excluding hydrogens is 398 g/mol. The number of thiazole rings is 1. The molecule has 30 heavy (non-hydrogen) atoms. The van der Waals surface area contributed by atoms with Crippen LogP contribution in [0.15, 0.2) is 42.5 Å². The van der Waals surface area contributed by atoms with Gasteiger partial charge in [-0.05, 0) is 49.2 Å². The number of likely N-dealkylation sites (tertiary alicyclic amines) is 1. The third kappa shape index (κ3) is 4.74. The highest BCUT2D eigenvalue weighted by Gasteiger charge is 2.25.